The number of carbonyl (C=O) groups is 3. The number of alkyl carbamates (subject to hydrolysis) is 1. The Labute approximate surface area is 281 Å². The highest BCUT2D eigenvalue weighted by molar-refractivity contribution is 7.92. The molecule has 1 aliphatic heterocycles. The van der Waals surface area contributed by atoms with Gasteiger partial charge in [0.05, 0.1) is 11.1 Å². The highest BCUT2D eigenvalue weighted by Gasteiger charge is 2.44. The van der Waals surface area contributed by atoms with Crippen molar-refractivity contribution in [1.29, 1.82) is 0 Å². The molecule has 0 saturated heterocycles. The summed E-state index contributed by atoms with van der Waals surface area (Å²) in [5.41, 5.74) is -0.629. The molecule has 4 rings (SSSR count). The molecule has 1 aromatic heterocycles. The van der Waals surface area contributed by atoms with Gasteiger partial charge in [-0.25, -0.2) is 14.6 Å². The summed E-state index contributed by atoms with van der Waals surface area (Å²) < 4.78 is 79.0. The van der Waals surface area contributed by atoms with E-state index in [0.717, 1.165) is 11.6 Å². The van der Waals surface area contributed by atoms with E-state index < -0.39 is 62.9 Å². The van der Waals surface area contributed by atoms with Crippen LogP contribution in [0.15, 0.2) is 89.3 Å². The molecule has 1 amide bonds. The fourth-order valence-corrected chi connectivity index (χ4v) is 6.71. The molecule has 2 atom stereocenters. The van der Waals surface area contributed by atoms with Crippen molar-refractivity contribution < 1.29 is 50.6 Å². The highest BCUT2D eigenvalue weighted by atomic mass is 32.2. The number of sulfonamides is 1. The first-order valence-corrected chi connectivity index (χ1v) is 17.0. The SMILES string of the molecule is CCC[C@@]1(CCc2ccccc2)CC(OC(=O)NCC(=O)O)=C([C@@H](CC)c2cccc(NS(=O)(=O)c3ccc(C(F)(F)F)cn3)c2)C(=O)O1. The molecule has 0 bridgehead atoms. The van der Waals surface area contributed by atoms with Crippen LogP contribution in [0, 0.1) is 0 Å². The number of cyclic esters (lactones) is 1. The summed E-state index contributed by atoms with van der Waals surface area (Å²) in [6, 6.07) is 16.9. The number of carbonyl (C=O) groups excluding carboxylic acids is 2. The zero-order valence-corrected chi connectivity index (χ0v) is 27.6. The van der Waals surface area contributed by atoms with Gasteiger partial charge >= 0.3 is 24.2 Å². The van der Waals surface area contributed by atoms with Gasteiger partial charge in [0.2, 0.25) is 0 Å². The first-order valence-electron chi connectivity index (χ1n) is 15.5. The molecule has 1 aliphatic rings. The fourth-order valence-electron chi connectivity index (χ4n) is 5.73. The maximum Gasteiger partial charge on any atom is 0.417 e. The molecule has 15 heteroatoms. The van der Waals surface area contributed by atoms with Gasteiger partial charge in [-0.3, -0.25) is 9.52 Å². The molecule has 262 valence electrons. The Morgan fingerprint density at radius 1 is 1.06 bits per heavy atom. The average molecular weight is 704 g/mol. The van der Waals surface area contributed by atoms with Crippen LogP contribution in [0.1, 0.15) is 68.6 Å². The van der Waals surface area contributed by atoms with Gasteiger partial charge in [-0.15, -0.1) is 0 Å². The number of aromatic nitrogens is 1. The molecule has 2 heterocycles. The lowest BCUT2D eigenvalue weighted by Crippen LogP contribution is -2.43. The van der Waals surface area contributed by atoms with Gasteiger partial charge in [-0.1, -0.05) is 62.7 Å². The molecule has 0 spiro atoms. The van der Waals surface area contributed by atoms with Crippen LogP contribution in [-0.4, -0.2) is 48.7 Å². The summed E-state index contributed by atoms with van der Waals surface area (Å²) in [6.45, 7) is 2.98. The van der Waals surface area contributed by atoms with Gasteiger partial charge in [0.15, 0.2) is 5.03 Å². The Balaban J connectivity index is 1.69. The van der Waals surface area contributed by atoms with Gasteiger partial charge in [0.1, 0.15) is 17.9 Å². The third-order valence-electron chi connectivity index (χ3n) is 7.97. The lowest BCUT2D eigenvalue weighted by molar-refractivity contribution is -0.161. The molecule has 0 aliphatic carbocycles. The summed E-state index contributed by atoms with van der Waals surface area (Å²) in [5, 5.41) is 10.6. The zero-order valence-electron chi connectivity index (χ0n) is 26.7. The second-order valence-corrected chi connectivity index (χ2v) is 13.2. The number of carboxylic acid groups (broad SMARTS) is 1. The standard InChI is InChI=1S/C34H36F3N3O8S/c1-3-16-33(17-15-22-9-6-5-7-10-22)19-27(47-32(44)39-21-29(41)42)30(31(43)48-33)26(4-2)23-11-8-12-25(18-23)40-49(45,46)28-14-13-24(20-38-28)34(35,36)37/h5-14,18,20,26,40H,3-4,15-17,19,21H2,1-2H3,(H,39,44)(H,41,42)/t26-,33+/m0/s1. The number of pyridine rings is 1. The number of alkyl halides is 3. The molecule has 3 N–H and O–H groups in total. The fraction of sp³-hybridized carbons (Fsp3) is 0.353. The number of carboxylic acids is 1. The van der Waals surface area contributed by atoms with Crippen LogP contribution >= 0.6 is 0 Å². The van der Waals surface area contributed by atoms with Crippen molar-refractivity contribution in [2.45, 2.75) is 75.1 Å². The van der Waals surface area contributed by atoms with Crippen LogP contribution in [0.3, 0.4) is 0 Å². The number of amides is 1. The molecule has 11 nitrogen and oxygen atoms in total. The van der Waals surface area contributed by atoms with Crippen LogP contribution in [0.25, 0.3) is 0 Å². The summed E-state index contributed by atoms with van der Waals surface area (Å²) in [5.74, 6) is -2.79. The topological polar surface area (TPSA) is 161 Å². The van der Waals surface area contributed by atoms with Crippen LogP contribution in [0.4, 0.5) is 23.7 Å². The molecule has 0 unspecified atom stereocenters. The van der Waals surface area contributed by atoms with Gasteiger partial charge in [0.25, 0.3) is 10.0 Å². The number of hydrogen-bond acceptors (Lipinski definition) is 8. The number of hydrogen-bond donors (Lipinski definition) is 3. The largest absolute Gasteiger partial charge is 0.480 e. The second-order valence-electron chi connectivity index (χ2n) is 11.5. The molecule has 0 radical (unpaired) electrons. The number of esters is 1. The van der Waals surface area contributed by atoms with Crippen molar-refractivity contribution in [2.75, 3.05) is 11.3 Å². The maximum atomic E-state index is 13.9. The minimum Gasteiger partial charge on any atom is -0.480 e. The van der Waals surface area contributed by atoms with Crippen LogP contribution in [0.2, 0.25) is 0 Å². The van der Waals surface area contributed by atoms with Crippen LogP contribution in [0.5, 0.6) is 0 Å². The second kappa shape index (κ2) is 15.5. The molecule has 0 fully saturated rings. The molecule has 2 aromatic carbocycles. The van der Waals surface area contributed by atoms with E-state index in [2.05, 4.69) is 15.0 Å². The van der Waals surface area contributed by atoms with Crippen molar-refractivity contribution in [2.24, 2.45) is 0 Å². The third kappa shape index (κ3) is 9.59. The molecule has 0 saturated carbocycles. The van der Waals surface area contributed by atoms with Crippen LogP contribution < -0.4 is 10.0 Å². The van der Waals surface area contributed by atoms with E-state index in [1.165, 1.54) is 18.2 Å². The normalized spacial score (nSPS) is 17.2. The molecule has 3 aromatic rings. The predicted octanol–water partition coefficient (Wildman–Crippen LogP) is 6.58. The number of halogens is 3. The van der Waals surface area contributed by atoms with E-state index in [9.17, 15) is 36.0 Å². The monoisotopic (exact) mass is 703 g/mol. The van der Waals surface area contributed by atoms with Crippen molar-refractivity contribution in [3.05, 3.63) is 101 Å². The number of anilines is 1. The van der Waals surface area contributed by atoms with Crippen molar-refractivity contribution in [1.82, 2.24) is 10.3 Å². The summed E-state index contributed by atoms with van der Waals surface area (Å²) in [4.78, 5) is 41.2. The third-order valence-corrected chi connectivity index (χ3v) is 9.26. The lowest BCUT2D eigenvalue weighted by Gasteiger charge is -2.39. The first-order chi connectivity index (χ1) is 23.2. The summed E-state index contributed by atoms with van der Waals surface area (Å²) in [6.07, 6.45) is -2.97. The first kappa shape index (κ1) is 36.9. The van der Waals surface area contributed by atoms with E-state index >= 15 is 0 Å². The molecule has 49 heavy (non-hydrogen) atoms. The highest BCUT2D eigenvalue weighted by Crippen LogP contribution is 2.43. The Morgan fingerprint density at radius 3 is 2.41 bits per heavy atom. The Morgan fingerprint density at radius 2 is 1.80 bits per heavy atom. The number of nitrogens with zero attached hydrogens (tertiary/aromatic N) is 1. The van der Waals surface area contributed by atoms with Crippen molar-refractivity contribution >= 4 is 33.7 Å². The maximum absolute atomic E-state index is 13.9. The van der Waals surface area contributed by atoms with Gasteiger partial charge < -0.3 is 19.9 Å². The lowest BCUT2D eigenvalue weighted by atomic mass is 9.80. The van der Waals surface area contributed by atoms with Gasteiger partial charge in [-0.05, 0) is 61.1 Å². The quantitative estimate of drug-likeness (QED) is 0.158. The van der Waals surface area contributed by atoms with E-state index in [-0.39, 0.29) is 29.9 Å². The van der Waals surface area contributed by atoms with Gasteiger partial charge in [-0.2, -0.15) is 21.6 Å². The van der Waals surface area contributed by atoms with Crippen molar-refractivity contribution in [3.8, 4) is 0 Å². The van der Waals surface area contributed by atoms with E-state index in [4.69, 9.17) is 14.6 Å². The number of nitrogens with one attached hydrogen (secondary N) is 2. The number of benzene rings is 2. The molecular formula is C34H36F3N3O8S. The minimum absolute atomic E-state index is 0.00689. The van der Waals surface area contributed by atoms with E-state index in [0.29, 0.717) is 43.5 Å². The number of ether oxygens (including phenoxy) is 2. The average Bonchev–Trinajstić information content (AvgIpc) is 3.05. The smallest absolute Gasteiger partial charge is 0.417 e. The predicted molar refractivity (Wildman–Crippen MR) is 172 cm³/mol. The minimum atomic E-state index is -4.70. The Bertz CT molecular complexity index is 1800. The number of aryl methyl sites for hydroxylation is 1. The van der Waals surface area contributed by atoms with Gasteiger partial charge in [0, 0.05) is 24.2 Å². The van der Waals surface area contributed by atoms with Crippen LogP contribution in [-0.2, 0) is 41.7 Å². The van der Waals surface area contributed by atoms with E-state index in [1.807, 2.05) is 37.3 Å². The van der Waals surface area contributed by atoms with E-state index in [1.54, 1.807) is 13.0 Å². The zero-order chi connectivity index (χ0) is 35.8. The number of aliphatic carboxylic acids is 1. The Hall–Kier alpha value is -4.92. The summed E-state index contributed by atoms with van der Waals surface area (Å²) in [7, 11) is -4.41. The summed E-state index contributed by atoms with van der Waals surface area (Å²) >= 11 is 0. The molecular weight excluding hydrogens is 667 g/mol. The number of rotatable bonds is 14. The van der Waals surface area contributed by atoms with Crippen molar-refractivity contribution in [3.63, 3.8) is 0 Å². The Kier molecular flexibility index (Phi) is 11.7.